The first-order valence-electron chi connectivity index (χ1n) is 6.33. The highest BCUT2D eigenvalue weighted by Crippen LogP contribution is 2.26. The zero-order valence-corrected chi connectivity index (χ0v) is 11.2. The maximum atomic E-state index is 12.3. The Bertz CT molecular complexity index is 497. The molecule has 0 saturated carbocycles. The van der Waals surface area contributed by atoms with Crippen molar-refractivity contribution in [3.63, 3.8) is 0 Å². The number of halogens is 1. The molecule has 0 radical (unpaired) electrons. The number of nitrogens with zero attached hydrogens (tertiary/aromatic N) is 2. The lowest BCUT2D eigenvalue weighted by molar-refractivity contribution is -0.384. The van der Waals surface area contributed by atoms with Gasteiger partial charge in [0.15, 0.2) is 0 Å². The van der Waals surface area contributed by atoms with Crippen molar-refractivity contribution in [2.75, 3.05) is 13.1 Å². The summed E-state index contributed by atoms with van der Waals surface area (Å²) in [5, 5.41) is 10.9. The van der Waals surface area contributed by atoms with Crippen molar-refractivity contribution in [2.24, 2.45) is 0 Å². The third-order valence-corrected chi connectivity index (χ3v) is 3.60. The predicted octanol–water partition coefficient (Wildman–Crippen LogP) is 3.26. The first-order valence-corrected chi connectivity index (χ1v) is 6.70. The molecule has 0 unspecified atom stereocenters. The van der Waals surface area contributed by atoms with Gasteiger partial charge in [0.2, 0.25) is 0 Å². The molecule has 1 aromatic carbocycles. The van der Waals surface area contributed by atoms with Crippen LogP contribution in [0.1, 0.15) is 36.0 Å². The second kappa shape index (κ2) is 6.02. The Balaban J connectivity index is 2.23. The average molecular weight is 283 g/mol. The van der Waals surface area contributed by atoms with Gasteiger partial charge in [0.1, 0.15) is 5.02 Å². The van der Waals surface area contributed by atoms with Crippen LogP contribution in [0, 0.1) is 10.1 Å². The van der Waals surface area contributed by atoms with Gasteiger partial charge in [-0.15, -0.1) is 0 Å². The van der Waals surface area contributed by atoms with Gasteiger partial charge >= 0.3 is 0 Å². The summed E-state index contributed by atoms with van der Waals surface area (Å²) in [5.41, 5.74) is 0.111. The monoisotopic (exact) mass is 282 g/mol. The zero-order valence-electron chi connectivity index (χ0n) is 10.5. The van der Waals surface area contributed by atoms with Crippen molar-refractivity contribution < 1.29 is 9.72 Å². The molecule has 1 aromatic rings. The fourth-order valence-corrected chi connectivity index (χ4v) is 2.43. The summed E-state index contributed by atoms with van der Waals surface area (Å²) in [5.74, 6) is -0.151. The van der Waals surface area contributed by atoms with Crippen LogP contribution in [-0.2, 0) is 0 Å². The van der Waals surface area contributed by atoms with Crippen LogP contribution in [0.5, 0.6) is 0 Å². The van der Waals surface area contributed by atoms with E-state index < -0.39 is 4.92 Å². The number of nitro benzene ring substituents is 1. The molecule has 0 atom stereocenters. The number of carbonyl (C=O) groups excluding carboxylic acids is 1. The number of nitro groups is 1. The third kappa shape index (κ3) is 3.23. The zero-order chi connectivity index (χ0) is 13.8. The smallest absolute Gasteiger partial charge is 0.288 e. The minimum Gasteiger partial charge on any atom is -0.339 e. The maximum absolute atomic E-state index is 12.3. The van der Waals surface area contributed by atoms with Gasteiger partial charge in [0, 0.05) is 24.7 Å². The van der Waals surface area contributed by atoms with Crippen molar-refractivity contribution in [1.29, 1.82) is 0 Å². The van der Waals surface area contributed by atoms with Gasteiger partial charge in [-0.3, -0.25) is 14.9 Å². The first kappa shape index (κ1) is 13.8. The van der Waals surface area contributed by atoms with Gasteiger partial charge in [-0.1, -0.05) is 24.4 Å². The molecule has 0 spiro atoms. The van der Waals surface area contributed by atoms with E-state index >= 15 is 0 Å². The van der Waals surface area contributed by atoms with E-state index in [9.17, 15) is 14.9 Å². The normalized spacial score (nSPS) is 15.9. The Morgan fingerprint density at radius 2 is 1.84 bits per heavy atom. The fraction of sp³-hybridized carbons (Fsp3) is 0.462. The first-order chi connectivity index (χ1) is 9.09. The van der Waals surface area contributed by atoms with Crippen LogP contribution in [0.3, 0.4) is 0 Å². The van der Waals surface area contributed by atoms with Crippen LogP contribution in [-0.4, -0.2) is 28.8 Å². The number of carbonyl (C=O) groups is 1. The van der Waals surface area contributed by atoms with E-state index in [-0.39, 0.29) is 16.6 Å². The number of hydrogen-bond donors (Lipinski definition) is 0. The van der Waals surface area contributed by atoms with Crippen LogP contribution >= 0.6 is 11.6 Å². The Hall–Kier alpha value is -1.62. The van der Waals surface area contributed by atoms with E-state index in [2.05, 4.69) is 0 Å². The molecule has 1 fully saturated rings. The topological polar surface area (TPSA) is 63.4 Å². The Morgan fingerprint density at radius 1 is 1.21 bits per heavy atom. The molecule has 1 heterocycles. The van der Waals surface area contributed by atoms with Crippen molar-refractivity contribution in [3.8, 4) is 0 Å². The maximum Gasteiger partial charge on any atom is 0.288 e. The van der Waals surface area contributed by atoms with Crippen LogP contribution in [0.15, 0.2) is 18.2 Å². The minimum absolute atomic E-state index is 0.0532. The molecule has 5 nitrogen and oxygen atoms in total. The van der Waals surface area contributed by atoms with Gasteiger partial charge in [0.25, 0.3) is 11.6 Å². The molecule has 1 aliphatic heterocycles. The highest BCUT2D eigenvalue weighted by molar-refractivity contribution is 6.32. The van der Waals surface area contributed by atoms with Gasteiger partial charge in [-0.05, 0) is 25.0 Å². The van der Waals surface area contributed by atoms with Crippen LogP contribution in [0.2, 0.25) is 5.02 Å². The van der Waals surface area contributed by atoms with Crippen LogP contribution in [0.4, 0.5) is 5.69 Å². The molecule has 19 heavy (non-hydrogen) atoms. The van der Waals surface area contributed by atoms with Gasteiger partial charge in [-0.25, -0.2) is 0 Å². The van der Waals surface area contributed by atoms with Crippen molar-refractivity contribution >= 4 is 23.2 Å². The highest BCUT2D eigenvalue weighted by Gasteiger charge is 2.21. The number of benzene rings is 1. The largest absolute Gasteiger partial charge is 0.339 e. The van der Waals surface area contributed by atoms with E-state index in [0.717, 1.165) is 38.8 Å². The highest BCUT2D eigenvalue weighted by atomic mass is 35.5. The van der Waals surface area contributed by atoms with E-state index in [1.807, 2.05) is 0 Å². The molecule has 1 aliphatic rings. The quantitative estimate of drug-likeness (QED) is 0.618. The summed E-state index contributed by atoms with van der Waals surface area (Å²) in [6, 6.07) is 4.21. The molecule has 1 amide bonds. The van der Waals surface area contributed by atoms with Gasteiger partial charge in [0.05, 0.1) is 4.92 Å². The van der Waals surface area contributed by atoms with Crippen molar-refractivity contribution in [2.45, 2.75) is 25.7 Å². The average Bonchev–Trinajstić information content (AvgIpc) is 2.67. The van der Waals surface area contributed by atoms with E-state index in [1.54, 1.807) is 11.0 Å². The summed E-state index contributed by atoms with van der Waals surface area (Å²) < 4.78 is 0. The lowest BCUT2D eigenvalue weighted by atomic mass is 10.1. The number of rotatable bonds is 2. The number of hydrogen-bond acceptors (Lipinski definition) is 3. The molecule has 0 bridgehead atoms. The molecule has 102 valence electrons. The van der Waals surface area contributed by atoms with E-state index in [0.29, 0.717) is 5.56 Å². The molecular weight excluding hydrogens is 268 g/mol. The molecule has 0 N–H and O–H groups in total. The van der Waals surface area contributed by atoms with Gasteiger partial charge in [-0.2, -0.15) is 0 Å². The molecule has 2 rings (SSSR count). The standard InChI is InChI=1S/C13H15ClN2O3/c14-11-6-5-10(9-12(11)16(18)19)13(17)15-7-3-1-2-4-8-15/h5-6,9H,1-4,7-8H2. The SMILES string of the molecule is O=C(c1ccc(Cl)c([N+](=O)[O-])c1)N1CCCCCC1. The number of amides is 1. The third-order valence-electron chi connectivity index (χ3n) is 3.28. The summed E-state index contributed by atoms with van der Waals surface area (Å²) in [6.45, 7) is 1.44. The summed E-state index contributed by atoms with van der Waals surface area (Å²) in [7, 11) is 0. The summed E-state index contributed by atoms with van der Waals surface area (Å²) >= 11 is 5.74. The Kier molecular flexibility index (Phi) is 4.37. The Labute approximate surface area is 116 Å². The number of likely N-dealkylation sites (tertiary alicyclic amines) is 1. The van der Waals surface area contributed by atoms with Crippen LogP contribution in [0.25, 0.3) is 0 Å². The van der Waals surface area contributed by atoms with Crippen molar-refractivity contribution in [3.05, 3.63) is 38.9 Å². The van der Waals surface area contributed by atoms with Crippen LogP contribution < -0.4 is 0 Å². The Morgan fingerprint density at radius 3 is 2.42 bits per heavy atom. The van der Waals surface area contributed by atoms with E-state index in [1.165, 1.54) is 12.1 Å². The fourth-order valence-electron chi connectivity index (χ4n) is 2.24. The molecular formula is C13H15ClN2O3. The lowest BCUT2D eigenvalue weighted by Gasteiger charge is -2.20. The lowest BCUT2D eigenvalue weighted by Crippen LogP contribution is -2.31. The molecule has 6 heteroatoms. The second-order valence-electron chi connectivity index (χ2n) is 4.63. The predicted molar refractivity (Wildman–Crippen MR) is 72.5 cm³/mol. The summed E-state index contributed by atoms with van der Waals surface area (Å²) in [6.07, 6.45) is 4.23. The minimum atomic E-state index is -0.568. The second-order valence-corrected chi connectivity index (χ2v) is 5.04. The molecule has 0 aliphatic carbocycles. The summed E-state index contributed by atoms with van der Waals surface area (Å²) in [4.78, 5) is 24.3. The van der Waals surface area contributed by atoms with Gasteiger partial charge < -0.3 is 4.90 Å². The van der Waals surface area contributed by atoms with E-state index in [4.69, 9.17) is 11.6 Å². The van der Waals surface area contributed by atoms with Crippen molar-refractivity contribution in [1.82, 2.24) is 4.90 Å². The molecule has 0 aromatic heterocycles. The molecule has 1 saturated heterocycles.